The molecule has 1 atom stereocenters. The lowest BCUT2D eigenvalue weighted by molar-refractivity contribution is 0.0306. The van der Waals surface area contributed by atoms with Crippen molar-refractivity contribution in [1.82, 2.24) is 34.9 Å². The summed E-state index contributed by atoms with van der Waals surface area (Å²) in [7, 11) is 0. The molecule has 0 saturated carbocycles. The van der Waals surface area contributed by atoms with E-state index >= 15 is 0 Å². The molecule has 1 aliphatic carbocycles. The van der Waals surface area contributed by atoms with Gasteiger partial charge < -0.3 is 26.4 Å². The van der Waals surface area contributed by atoms with Gasteiger partial charge in [-0.3, -0.25) is 4.79 Å². The molecule has 42 heavy (non-hydrogen) atoms. The minimum atomic E-state index is -0.968. The van der Waals surface area contributed by atoms with Crippen LogP contribution in [0, 0.1) is 0 Å². The van der Waals surface area contributed by atoms with Crippen LogP contribution in [0.25, 0.3) is 16.9 Å². The highest BCUT2D eigenvalue weighted by Crippen LogP contribution is 2.38. The molecule has 1 aliphatic heterocycles. The molecule has 1 aromatic carbocycles. The van der Waals surface area contributed by atoms with Gasteiger partial charge in [-0.2, -0.15) is 4.98 Å². The fraction of sp³-hybridized carbons (Fsp3) is 0.419. The number of anilines is 3. The van der Waals surface area contributed by atoms with Crippen molar-refractivity contribution in [2.75, 3.05) is 36.8 Å². The molecule has 4 aromatic rings. The number of nitrogens with one attached hydrogen (secondary N) is 4. The Morgan fingerprint density at radius 1 is 1.12 bits per heavy atom. The normalized spacial score (nSPS) is 18.7. The van der Waals surface area contributed by atoms with Crippen LogP contribution in [-0.2, 0) is 18.6 Å². The number of hydrogen-bond donors (Lipinski definition) is 5. The zero-order valence-corrected chi connectivity index (χ0v) is 24.1. The van der Waals surface area contributed by atoms with Crippen molar-refractivity contribution >= 4 is 28.4 Å². The molecule has 3 aromatic heterocycles. The molecule has 0 bridgehead atoms. The van der Waals surface area contributed by atoms with Crippen molar-refractivity contribution in [2.24, 2.45) is 0 Å². The molecule has 11 heteroatoms. The van der Waals surface area contributed by atoms with Gasteiger partial charge in [0.25, 0.3) is 5.56 Å². The van der Waals surface area contributed by atoms with E-state index in [-0.39, 0.29) is 12.1 Å². The van der Waals surface area contributed by atoms with Gasteiger partial charge in [0.05, 0.1) is 12.2 Å². The number of aliphatic hydroxyl groups is 1. The first-order valence-corrected chi connectivity index (χ1v) is 14.9. The first-order valence-electron chi connectivity index (χ1n) is 14.9. The third-order valence-corrected chi connectivity index (χ3v) is 8.36. The fourth-order valence-corrected chi connectivity index (χ4v) is 5.92. The highest BCUT2D eigenvalue weighted by molar-refractivity contribution is 5.77. The molecular weight excluding hydrogens is 530 g/mol. The summed E-state index contributed by atoms with van der Waals surface area (Å²) in [4.78, 5) is 27.4. The van der Waals surface area contributed by atoms with E-state index in [1.54, 1.807) is 21.6 Å². The zero-order chi connectivity index (χ0) is 29.1. The number of aromatic nitrogens is 5. The van der Waals surface area contributed by atoms with E-state index in [0.29, 0.717) is 47.4 Å². The van der Waals surface area contributed by atoms with Crippen molar-refractivity contribution in [1.29, 1.82) is 0 Å². The fourth-order valence-electron chi connectivity index (χ4n) is 5.92. The van der Waals surface area contributed by atoms with E-state index in [1.807, 2.05) is 43.3 Å². The Bertz CT molecular complexity index is 1620. The molecule has 220 valence electrons. The van der Waals surface area contributed by atoms with Crippen molar-refractivity contribution in [3.8, 4) is 5.82 Å². The second kappa shape index (κ2) is 12.0. The monoisotopic (exact) mass is 569 g/mol. The Morgan fingerprint density at radius 2 is 1.90 bits per heavy atom. The molecule has 11 nitrogen and oxygen atoms in total. The van der Waals surface area contributed by atoms with E-state index in [9.17, 15) is 9.90 Å². The van der Waals surface area contributed by atoms with E-state index in [4.69, 9.17) is 9.97 Å². The summed E-state index contributed by atoms with van der Waals surface area (Å²) < 4.78 is 3.25. The molecule has 4 heterocycles. The average Bonchev–Trinajstić information content (AvgIpc) is 3.50. The highest BCUT2D eigenvalue weighted by atomic mass is 16.3. The number of piperidine rings is 1. The molecule has 0 unspecified atom stereocenters. The maximum absolute atomic E-state index is 13.3. The van der Waals surface area contributed by atoms with Crippen molar-refractivity contribution in [2.45, 2.75) is 57.2 Å². The van der Waals surface area contributed by atoms with Gasteiger partial charge in [-0.15, -0.1) is 6.58 Å². The van der Waals surface area contributed by atoms with Gasteiger partial charge in [0.2, 0.25) is 5.95 Å². The Labute approximate surface area is 245 Å². The Hall–Kier alpha value is -4.06. The number of nitrogens with zero attached hydrogens (tertiary/aromatic N) is 5. The Morgan fingerprint density at radius 3 is 2.67 bits per heavy atom. The summed E-state index contributed by atoms with van der Waals surface area (Å²) >= 11 is 0. The SMILES string of the molecule is C=CCn1c(=O)c2cnc(Nc3ccc(NCCNC4CCNCC4)cc3)nc2n1-c1ccc2c(n1)[C@](O)(CC)CC2. The Kier molecular flexibility index (Phi) is 8.05. The second-order valence-corrected chi connectivity index (χ2v) is 11.1. The van der Waals surface area contributed by atoms with Gasteiger partial charge in [0.15, 0.2) is 11.5 Å². The smallest absolute Gasteiger partial charge is 0.278 e. The predicted molar refractivity (Wildman–Crippen MR) is 166 cm³/mol. The number of allylic oxidation sites excluding steroid dienone is 1. The lowest BCUT2D eigenvalue weighted by atomic mass is 9.98. The van der Waals surface area contributed by atoms with Crippen LogP contribution < -0.4 is 26.8 Å². The minimum Gasteiger partial charge on any atom is -0.384 e. The maximum atomic E-state index is 13.3. The topological polar surface area (TPSA) is 134 Å². The summed E-state index contributed by atoms with van der Waals surface area (Å²) in [6.45, 7) is 10.0. The highest BCUT2D eigenvalue weighted by Gasteiger charge is 2.37. The lowest BCUT2D eigenvalue weighted by Gasteiger charge is -2.23. The number of pyridine rings is 1. The Balaban J connectivity index is 1.22. The zero-order valence-electron chi connectivity index (χ0n) is 24.1. The summed E-state index contributed by atoms with van der Waals surface area (Å²) in [5.74, 6) is 0.885. The standard InChI is InChI=1S/C31H39N9O2/c1-3-19-39-29(41)25-20-35-30(36-24-8-6-22(7-9-24)33-17-18-34-23-12-15-32-16-13-23)38-28(25)40(39)26-10-5-21-11-14-31(42,4-2)27(21)37-26/h3,5-10,20,23,32-34,42H,1,4,11-19H2,2H3,(H,35,36,38)/t31-/m0/s1. The van der Waals surface area contributed by atoms with Gasteiger partial charge in [0, 0.05) is 36.7 Å². The van der Waals surface area contributed by atoms with Crippen molar-refractivity contribution in [3.63, 3.8) is 0 Å². The molecule has 2 aliphatic rings. The molecular formula is C31H39N9O2. The summed E-state index contributed by atoms with van der Waals surface area (Å²) in [6, 6.07) is 12.4. The number of aryl methyl sites for hydroxylation is 1. The van der Waals surface area contributed by atoms with Gasteiger partial charge in [-0.25, -0.2) is 19.3 Å². The maximum Gasteiger partial charge on any atom is 0.278 e. The average molecular weight is 570 g/mol. The van der Waals surface area contributed by atoms with E-state index in [0.717, 1.165) is 49.5 Å². The molecule has 5 N–H and O–H groups in total. The van der Waals surface area contributed by atoms with Gasteiger partial charge >= 0.3 is 0 Å². The number of fused-ring (bicyclic) bond motifs is 2. The quantitative estimate of drug-likeness (QED) is 0.136. The van der Waals surface area contributed by atoms with Crippen LogP contribution >= 0.6 is 0 Å². The van der Waals surface area contributed by atoms with Crippen molar-refractivity contribution < 1.29 is 5.11 Å². The van der Waals surface area contributed by atoms with Crippen LogP contribution in [-0.4, -0.2) is 61.6 Å². The number of rotatable bonds is 11. The van der Waals surface area contributed by atoms with E-state index in [2.05, 4.69) is 32.8 Å². The van der Waals surface area contributed by atoms with Crippen LogP contribution in [0.1, 0.15) is 43.9 Å². The van der Waals surface area contributed by atoms with Gasteiger partial charge in [-0.05, 0) is 81.1 Å². The van der Waals surface area contributed by atoms with Crippen LogP contribution in [0.15, 0.2) is 60.0 Å². The van der Waals surface area contributed by atoms with Gasteiger partial charge in [0.1, 0.15) is 11.0 Å². The molecule has 0 amide bonds. The van der Waals surface area contributed by atoms with Crippen LogP contribution in [0.4, 0.5) is 17.3 Å². The molecule has 6 rings (SSSR count). The first-order chi connectivity index (χ1) is 20.5. The number of benzene rings is 1. The molecule has 0 spiro atoms. The summed E-state index contributed by atoms with van der Waals surface area (Å²) in [5.41, 5.74) is 2.81. The molecule has 0 radical (unpaired) electrons. The third-order valence-electron chi connectivity index (χ3n) is 8.36. The minimum absolute atomic E-state index is 0.227. The van der Waals surface area contributed by atoms with E-state index < -0.39 is 5.60 Å². The molecule has 1 saturated heterocycles. The van der Waals surface area contributed by atoms with Crippen LogP contribution in [0.3, 0.4) is 0 Å². The number of hydrogen-bond acceptors (Lipinski definition) is 9. The first kappa shape index (κ1) is 28.1. The largest absolute Gasteiger partial charge is 0.384 e. The molecule has 1 fully saturated rings. The third kappa shape index (κ3) is 5.55. The lowest BCUT2D eigenvalue weighted by Crippen LogP contribution is -2.41. The van der Waals surface area contributed by atoms with Crippen LogP contribution in [0.2, 0.25) is 0 Å². The predicted octanol–water partition coefficient (Wildman–Crippen LogP) is 3.20. The van der Waals surface area contributed by atoms with Crippen molar-refractivity contribution in [3.05, 3.63) is 76.9 Å². The van der Waals surface area contributed by atoms with Crippen LogP contribution in [0.5, 0.6) is 0 Å². The van der Waals surface area contributed by atoms with E-state index in [1.165, 1.54) is 12.8 Å². The van der Waals surface area contributed by atoms with Gasteiger partial charge in [-0.1, -0.05) is 19.1 Å². The summed E-state index contributed by atoms with van der Waals surface area (Å²) in [5, 5.41) is 25.3. The second-order valence-electron chi connectivity index (χ2n) is 11.1. The summed E-state index contributed by atoms with van der Waals surface area (Å²) in [6.07, 6.45) is 7.55.